The summed E-state index contributed by atoms with van der Waals surface area (Å²) in [6.07, 6.45) is 1.49. The second-order valence-corrected chi connectivity index (χ2v) is 9.63. The van der Waals surface area contributed by atoms with Crippen LogP contribution in [0, 0.1) is 11.8 Å². The molecule has 8 nitrogen and oxygen atoms in total. The van der Waals surface area contributed by atoms with Crippen LogP contribution in [0.4, 0.5) is 19.1 Å². The van der Waals surface area contributed by atoms with E-state index in [4.69, 9.17) is 0 Å². The lowest BCUT2D eigenvalue weighted by atomic mass is 9.71. The summed E-state index contributed by atoms with van der Waals surface area (Å²) in [5.41, 5.74) is -2.29. The van der Waals surface area contributed by atoms with Crippen LogP contribution in [-0.4, -0.2) is 57.0 Å². The number of anilines is 1. The van der Waals surface area contributed by atoms with E-state index in [2.05, 4.69) is 15.0 Å². The highest BCUT2D eigenvalue weighted by molar-refractivity contribution is 5.80. The van der Waals surface area contributed by atoms with Gasteiger partial charge in [-0.3, -0.25) is 9.59 Å². The number of rotatable bonds is 5. The molecule has 2 aromatic heterocycles. The first-order valence-electron chi connectivity index (χ1n) is 11.3. The number of nitrogens with one attached hydrogen (secondary N) is 1. The monoisotopic (exact) mass is 479 g/mol. The minimum Gasteiger partial charge on any atom is -0.386 e. The van der Waals surface area contributed by atoms with Crippen LogP contribution in [0.3, 0.4) is 0 Å². The molecule has 1 aliphatic carbocycles. The van der Waals surface area contributed by atoms with Crippen LogP contribution < -0.4 is 10.5 Å². The minimum atomic E-state index is -4.69. The van der Waals surface area contributed by atoms with Crippen LogP contribution in [-0.2, 0) is 23.0 Å². The molecule has 0 spiro atoms. The Bertz CT molecular complexity index is 1080. The molecule has 0 radical (unpaired) electrons. The van der Waals surface area contributed by atoms with Gasteiger partial charge in [0.1, 0.15) is 5.56 Å². The lowest BCUT2D eigenvalue weighted by Crippen LogP contribution is -2.52. The molecule has 2 N–H and O–H groups in total. The normalized spacial score (nSPS) is 21.4. The van der Waals surface area contributed by atoms with Gasteiger partial charge >= 0.3 is 6.18 Å². The second-order valence-electron chi connectivity index (χ2n) is 9.63. The van der Waals surface area contributed by atoms with Crippen LogP contribution in [0.5, 0.6) is 0 Å². The van der Waals surface area contributed by atoms with Crippen molar-refractivity contribution in [3.05, 3.63) is 51.7 Å². The molecule has 1 saturated heterocycles. The Morgan fingerprint density at radius 2 is 1.76 bits per heavy atom. The smallest absolute Gasteiger partial charge is 0.386 e. The fourth-order valence-corrected chi connectivity index (χ4v) is 4.48. The molecule has 1 amide bonds. The third-order valence-corrected chi connectivity index (χ3v) is 6.60. The van der Waals surface area contributed by atoms with Crippen LogP contribution in [0.15, 0.2) is 29.5 Å². The number of aromatic amines is 1. The van der Waals surface area contributed by atoms with Gasteiger partial charge in [-0.25, -0.2) is 9.97 Å². The summed E-state index contributed by atoms with van der Waals surface area (Å²) in [4.78, 5) is 38.9. The van der Waals surface area contributed by atoms with Crippen molar-refractivity contribution in [2.45, 2.75) is 44.9 Å². The van der Waals surface area contributed by atoms with Crippen molar-refractivity contribution in [3.8, 4) is 0 Å². The number of amides is 1. The average Bonchev–Trinajstić information content (AvgIpc) is 2.75. The van der Waals surface area contributed by atoms with Gasteiger partial charge in [0, 0.05) is 56.3 Å². The predicted molar refractivity (Wildman–Crippen MR) is 118 cm³/mol. The van der Waals surface area contributed by atoms with E-state index in [1.807, 2.05) is 9.80 Å². The first-order chi connectivity index (χ1) is 15.9. The zero-order chi connectivity index (χ0) is 24.7. The Balaban J connectivity index is 1.26. The molecule has 2 aromatic rings. The van der Waals surface area contributed by atoms with E-state index in [0.29, 0.717) is 62.5 Å². The molecule has 1 aliphatic heterocycles. The molecule has 0 aromatic carbocycles. The molecule has 4 rings (SSSR count). The van der Waals surface area contributed by atoms with Gasteiger partial charge < -0.3 is 19.9 Å². The van der Waals surface area contributed by atoms with Crippen molar-refractivity contribution in [2.24, 2.45) is 11.8 Å². The molecule has 0 atom stereocenters. The van der Waals surface area contributed by atoms with E-state index in [1.165, 1.54) is 6.20 Å². The maximum atomic E-state index is 12.9. The fraction of sp³-hybridized carbons (Fsp3) is 0.565. The summed E-state index contributed by atoms with van der Waals surface area (Å²) in [6, 6.07) is 0.906. The average molecular weight is 480 g/mol. The number of carbonyl (C=O) groups is 1. The number of aromatic nitrogens is 3. The number of aliphatic hydroxyl groups is 1. The molecule has 0 bridgehead atoms. The molecule has 1 saturated carbocycles. The zero-order valence-corrected chi connectivity index (χ0v) is 19.1. The maximum absolute atomic E-state index is 12.9. The van der Waals surface area contributed by atoms with Gasteiger partial charge in [0.15, 0.2) is 0 Å². The van der Waals surface area contributed by atoms with E-state index in [0.717, 1.165) is 6.07 Å². The minimum absolute atomic E-state index is 0.0756. The number of alkyl halides is 3. The largest absolute Gasteiger partial charge is 0.421 e. The second kappa shape index (κ2) is 9.01. The van der Waals surface area contributed by atoms with Crippen LogP contribution in [0.1, 0.15) is 43.4 Å². The third-order valence-electron chi connectivity index (χ3n) is 6.60. The quantitative estimate of drug-likeness (QED) is 0.683. The van der Waals surface area contributed by atoms with Crippen molar-refractivity contribution >= 4 is 11.9 Å². The number of halogens is 3. The molecule has 11 heteroatoms. The topological polar surface area (TPSA) is 102 Å². The standard InChI is InChI=1S/C23H28F3N5O3/c1-22(2,34)17-12-28-21(29-13-17)31-5-3-30(4-6-31)20(33)16-8-14(9-16)7-15-10-18(23(24,25)26)19(32)27-11-15/h10-14,16,34H,3-9H2,1-2H3,(H,27,32). The summed E-state index contributed by atoms with van der Waals surface area (Å²) in [5, 5.41) is 10.0. The first kappa shape index (κ1) is 24.2. The Kier molecular flexibility index (Phi) is 6.41. The van der Waals surface area contributed by atoms with Crippen molar-refractivity contribution < 1.29 is 23.1 Å². The number of carbonyl (C=O) groups excluding carboxylic acids is 1. The highest BCUT2D eigenvalue weighted by Gasteiger charge is 2.39. The highest BCUT2D eigenvalue weighted by Crippen LogP contribution is 2.38. The summed E-state index contributed by atoms with van der Waals surface area (Å²) in [6.45, 7) is 5.63. The molecular weight excluding hydrogens is 451 g/mol. The molecule has 3 heterocycles. The van der Waals surface area contributed by atoms with E-state index in [9.17, 15) is 27.9 Å². The Labute approximate surface area is 194 Å². The van der Waals surface area contributed by atoms with Gasteiger partial charge in [-0.15, -0.1) is 0 Å². The third kappa shape index (κ3) is 5.24. The molecule has 2 fully saturated rings. The van der Waals surface area contributed by atoms with Crippen molar-refractivity contribution in [2.75, 3.05) is 31.1 Å². The van der Waals surface area contributed by atoms with Gasteiger partial charge in [0.25, 0.3) is 5.56 Å². The van der Waals surface area contributed by atoms with E-state index < -0.39 is 22.9 Å². The van der Waals surface area contributed by atoms with E-state index >= 15 is 0 Å². The number of H-pyrrole nitrogens is 1. The maximum Gasteiger partial charge on any atom is 0.421 e. The SMILES string of the molecule is CC(C)(O)c1cnc(N2CCN(C(=O)C3CC(Cc4c[nH]c(=O)c(C(F)(F)F)c4)C3)CC2)nc1. The van der Waals surface area contributed by atoms with Gasteiger partial charge in [-0.1, -0.05) is 0 Å². The number of pyridine rings is 1. The Morgan fingerprint density at radius 1 is 1.15 bits per heavy atom. The summed E-state index contributed by atoms with van der Waals surface area (Å²) >= 11 is 0. The Hall–Kier alpha value is -2.95. The highest BCUT2D eigenvalue weighted by atomic mass is 19.4. The molecule has 2 aliphatic rings. The molecule has 184 valence electrons. The van der Waals surface area contributed by atoms with Crippen molar-refractivity contribution in [3.63, 3.8) is 0 Å². The van der Waals surface area contributed by atoms with Gasteiger partial charge in [-0.2, -0.15) is 13.2 Å². The molecule has 0 unspecified atom stereocenters. The fourth-order valence-electron chi connectivity index (χ4n) is 4.48. The molecule has 34 heavy (non-hydrogen) atoms. The summed E-state index contributed by atoms with van der Waals surface area (Å²) in [5.74, 6) is 0.628. The van der Waals surface area contributed by atoms with Crippen molar-refractivity contribution in [1.29, 1.82) is 0 Å². The first-order valence-corrected chi connectivity index (χ1v) is 11.3. The van der Waals surface area contributed by atoms with Crippen LogP contribution in [0.2, 0.25) is 0 Å². The zero-order valence-electron chi connectivity index (χ0n) is 19.1. The number of hydrogen-bond donors (Lipinski definition) is 2. The lowest BCUT2D eigenvalue weighted by molar-refractivity contribution is -0.140. The van der Waals surface area contributed by atoms with E-state index in [-0.39, 0.29) is 17.7 Å². The number of nitrogens with zero attached hydrogens (tertiary/aromatic N) is 4. The Morgan fingerprint density at radius 3 is 2.32 bits per heavy atom. The number of hydrogen-bond acceptors (Lipinski definition) is 6. The molecular formula is C23H28F3N5O3. The summed E-state index contributed by atoms with van der Waals surface area (Å²) < 4.78 is 38.8. The van der Waals surface area contributed by atoms with E-state index in [1.54, 1.807) is 26.2 Å². The van der Waals surface area contributed by atoms with Gasteiger partial charge in [-0.05, 0) is 50.7 Å². The van der Waals surface area contributed by atoms with Gasteiger partial charge in [0.05, 0.1) is 5.60 Å². The summed E-state index contributed by atoms with van der Waals surface area (Å²) in [7, 11) is 0. The predicted octanol–water partition coefficient (Wildman–Crippen LogP) is 2.33. The van der Waals surface area contributed by atoms with Crippen molar-refractivity contribution in [1.82, 2.24) is 19.9 Å². The van der Waals surface area contributed by atoms with Crippen LogP contribution in [0.25, 0.3) is 0 Å². The van der Waals surface area contributed by atoms with Crippen LogP contribution >= 0.6 is 0 Å². The van der Waals surface area contributed by atoms with Gasteiger partial charge in [0.2, 0.25) is 11.9 Å². The lowest BCUT2D eigenvalue weighted by Gasteiger charge is -2.41. The number of piperazine rings is 1.